The number of carboxylic acid groups (broad SMARTS) is 1. The zero-order valence-corrected chi connectivity index (χ0v) is 15.1. The van der Waals surface area contributed by atoms with Gasteiger partial charge in [-0.15, -0.1) is 0 Å². The van der Waals surface area contributed by atoms with Crippen molar-refractivity contribution in [2.75, 3.05) is 26.0 Å². The summed E-state index contributed by atoms with van der Waals surface area (Å²) in [7, 11) is 0. The summed E-state index contributed by atoms with van der Waals surface area (Å²) in [5, 5.41) is 13.5. The summed E-state index contributed by atoms with van der Waals surface area (Å²) in [6.45, 7) is 4.04. The van der Waals surface area contributed by atoms with Gasteiger partial charge in [0.05, 0.1) is 12.6 Å². The second-order valence-corrected chi connectivity index (χ2v) is 8.31. The summed E-state index contributed by atoms with van der Waals surface area (Å²) in [6, 6.07) is 1.57. The number of hydrogen-bond acceptors (Lipinski definition) is 5. The highest BCUT2D eigenvalue weighted by atomic mass is 32.2. The Bertz CT molecular complexity index is 413. The van der Waals surface area contributed by atoms with E-state index < -0.39 is 5.97 Å². The highest BCUT2D eigenvalue weighted by Crippen LogP contribution is 2.37. The number of carboxylic acids is 1. The van der Waals surface area contributed by atoms with Crippen LogP contribution in [0.4, 0.5) is 0 Å². The minimum atomic E-state index is -0.692. The van der Waals surface area contributed by atoms with Gasteiger partial charge in [-0.2, -0.15) is 11.8 Å². The first-order valence-electron chi connectivity index (χ1n) is 8.97. The van der Waals surface area contributed by atoms with Crippen molar-refractivity contribution in [2.45, 2.75) is 68.5 Å². The number of nitrogens with zero attached hydrogens (tertiary/aromatic N) is 1. The standard InChI is InChI=1S/C17H30N2O3S/c1-3-22-15-8-14(17(15)23-2)18-12-6-13(7-12)19(10-16(20)21)9-11-4-5-11/h11-15,17-18H,3-10H2,1-2H3,(H,20,21). The molecule has 0 aromatic carbocycles. The molecular weight excluding hydrogens is 312 g/mol. The van der Waals surface area contributed by atoms with Crippen LogP contribution in [0.15, 0.2) is 0 Å². The van der Waals surface area contributed by atoms with Gasteiger partial charge in [0.1, 0.15) is 0 Å². The highest BCUT2D eigenvalue weighted by molar-refractivity contribution is 7.99. The third-order valence-electron chi connectivity index (χ3n) is 5.51. The zero-order chi connectivity index (χ0) is 16.4. The van der Waals surface area contributed by atoms with E-state index in [1.807, 2.05) is 11.8 Å². The first-order valence-corrected chi connectivity index (χ1v) is 10.3. The van der Waals surface area contributed by atoms with Crippen LogP contribution in [-0.4, -0.2) is 71.4 Å². The van der Waals surface area contributed by atoms with Crippen LogP contribution in [0.2, 0.25) is 0 Å². The minimum Gasteiger partial charge on any atom is -0.480 e. The first kappa shape index (κ1) is 17.5. The molecule has 0 aromatic heterocycles. The van der Waals surface area contributed by atoms with Crippen molar-refractivity contribution < 1.29 is 14.6 Å². The van der Waals surface area contributed by atoms with E-state index in [2.05, 4.69) is 23.4 Å². The average Bonchev–Trinajstić information content (AvgIpc) is 3.23. The van der Waals surface area contributed by atoms with Crippen LogP contribution in [0.25, 0.3) is 0 Å². The summed E-state index contributed by atoms with van der Waals surface area (Å²) in [4.78, 5) is 13.3. The predicted molar refractivity (Wildman–Crippen MR) is 93.0 cm³/mol. The fraction of sp³-hybridized carbons (Fsp3) is 0.941. The summed E-state index contributed by atoms with van der Waals surface area (Å²) in [6.07, 6.45) is 8.43. The Morgan fingerprint density at radius 3 is 2.65 bits per heavy atom. The maximum absolute atomic E-state index is 11.1. The first-order chi connectivity index (χ1) is 11.1. The van der Waals surface area contributed by atoms with Crippen LogP contribution in [-0.2, 0) is 9.53 Å². The molecule has 3 aliphatic carbocycles. The van der Waals surface area contributed by atoms with Gasteiger partial charge in [0.15, 0.2) is 0 Å². The van der Waals surface area contributed by atoms with Crippen molar-refractivity contribution in [3.63, 3.8) is 0 Å². The van der Waals surface area contributed by atoms with E-state index in [0.29, 0.717) is 29.5 Å². The molecule has 3 fully saturated rings. The number of hydrogen-bond donors (Lipinski definition) is 2. The normalized spacial score (nSPS) is 36.6. The Morgan fingerprint density at radius 2 is 2.09 bits per heavy atom. The maximum atomic E-state index is 11.1. The van der Waals surface area contributed by atoms with E-state index in [1.54, 1.807) is 0 Å². The summed E-state index contributed by atoms with van der Waals surface area (Å²) in [5.41, 5.74) is 0. The fourth-order valence-electron chi connectivity index (χ4n) is 3.91. The van der Waals surface area contributed by atoms with Crippen LogP contribution >= 0.6 is 11.8 Å². The summed E-state index contributed by atoms with van der Waals surface area (Å²) < 4.78 is 5.76. The van der Waals surface area contributed by atoms with Crippen LogP contribution in [0.3, 0.4) is 0 Å². The molecule has 3 rings (SSSR count). The van der Waals surface area contributed by atoms with Crippen LogP contribution in [0, 0.1) is 5.92 Å². The fourth-order valence-corrected chi connectivity index (χ4v) is 4.92. The predicted octanol–water partition coefficient (Wildman–Crippen LogP) is 1.81. The van der Waals surface area contributed by atoms with Crippen molar-refractivity contribution >= 4 is 17.7 Å². The second-order valence-electron chi connectivity index (χ2n) is 7.29. The lowest BCUT2D eigenvalue weighted by Gasteiger charge is -2.49. The van der Waals surface area contributed by atoms with E-state index in [1.165, 1.54) is 12.8 Å². The molecule has 5 nitrogen and oxygen atoms in total. The molecule has 3 aliphatic rings. The van der Waals surface area contributed by atoms with Gasteiger partial charge in [-0.05, 0) is 51.2 Å². The molecule has 2 N–H and O–H groups in total. The zero-order valence-electron chi connectivity index (χ0n) is 14.2. The monoisotopic (exact) mass is 342 g/mol. The smallest absolute Gasteiger partial charge is 0.317 e. The third kappa shape index (κ3) is 4.41. The van der Waals surface area contributed by atoms with Gasteiger partial charge < -0.3 is 15.2 Å². The minimum absolute atomic E-state index is 0.206. The molecule has 132 valence electrons. The molecular formula is C17H30N2O3S. The van der Waals surface area contributed by atoms with Gasteiger partial charge in [-0.25, -0.2) is 0 Å². The van der Waals surface area contributed by atoms with Crippen molar-refractivity contribution in [3.8, 4) is 0 Å². The van der Waals surface area contributed by atoms with Crippen molar-refractivity contribution in [1.82, 2.24) is 10.2 Å². The number of thioether (sulfide) groups is 1. The number of ether oxygens (including phenoxy) is 1. The van der Waals surface area contributed by atoms with E-state index in [0.717, 1.165) is 38.3 Å². The van der Waals surface area contributed by atoms with Gasteiger partial charge in [0, 0.05) is 36.5 Å². The van der Waals surface area contributed by atoms with Crippen LogP contribution in [0.1, 0.15) is 39.0 Å². The lowest BCUT2D eigenvalue weighted by molar-refractivity contribution is -0.139. The van der Waals surface area contributed by atoms with Gasteiger partial charge in [0.25, 0.3) is 0 Å². The van der Waals surface area contributed by atoms with Crippen LogP contribution < -0.4 is 5.32 Å². The largest absolute Gasteiger partial charge is 0.480 e. The molecule has 0 radical (unpaired) electrons. The summed E-state index contributed by atoms with van der Waals surface area (Å²) in [5.74, 6) is 0.0591. The molecule has 3 atom stereocenters. The molecule has 6 heteroatoms. The third-order valence-corrected chi connectivity index (χ3v) is 6.69. The van der Waals surface area contributed by atoms with Crippen LogP contribution in [0.5, 0.6) is 0 Å². The van der Waals surface area contributed by atoms with E-state index in [-0.39, 0.29) is 6.54 Å². The molecule has 0 saturated heterocycles. The van der Waals surface area contributed by atoms with Gasteiger partial charge in [0.2, 0.25) is 0 Å². The Balaban J connectivity index is 1.40. The quantitative estimate of drug-likeness (QED) is 0.631. The lowest BCUT2D eigenvalue weighted by Crippen LogP contribution is -2.63. The number of carbonyl (C=O) groups is 1. The molecule has 3 unspecified atom stereocenters. The van der Waals surface area contributed by atoms with Crippen molar-refractivity contribution in [2.24, 2.45) is 5.92 Å². The molecule has 23 heavy (non-hydrogen) atoms. The lowest BCUT2D eigenvalue weighted by atomic mass is 9.81. The number of aliphatic carboxylic acids is 1. The van der Waals surface area contributed by atoms with Crippen molar-refractivity contribution in [1.29, 1.82) is 0 Å². The highest BCUT2D eigenvalue weighted by Gasteiger charge is 2.44. The second kappa shape index (κ2) is 7.72. The number of rotatable bonds is 10. The topological polar surface area (TPSA) is 61.8 Å². The van der Waals surface area contributed by atoms with Gasteiger partial charge >= 0.3 is 5.97 Å². The maximum Gasteiger partial charge on any atom is 0.317 e. The molecule has 0 aromatic rings. The Hall–Kier alpha value is -0.300. The number of nitrogens with one attached hydrogen (secondary N) is 1. The van der Waals surface area contributed by atoms with E-state index in [9.17, 15) is 4.79 Å². The molecule has 0 amide bonds. The Labute approximate surface area is 143 Å². The molecule has 0 spiro atoms. The summed E-state index contributed by atoms with van der Waals surface area (Å²) >= 11 is 1.90. The molecule has 3 saturated carbocycles. The van der Waals surface area contributed by atoms with E-state index >= 15 is 0 Å². The molecule has 0 heterocycles. The van der Waals surface area contributed by atoms with Gasteiger partial charge in [-0.1, -0.05) is 0 Å². The Kier molecular flexibility index (Phi) is 5.88. The molecule has 0 aliphatic heterocycles. The average molecular weight is 343 g/mol. The SMILES string of the molecule is CCOC1CC(NC2CC(N(CC(=O)O)CC3CC3)C2)C1SC. The Morgan fingerprint density at radius 1 is 1.35 bits per heavy atom. The molecule has 0 bridgehead atoms. The van der Waals surface area contributed by atoms with Gasteiger partial charge in [-0.3, -0.25) is 9.69 Å². The van der Waals surface area contributed by atoms with Crippen molar-refractivity contribution in [3.05, 3.63) is 0 Å². The van der Waals surface area contributed by atoms with E-state index in [4.69, 9.17) is 9.84 Å².